The first kappa shape index (κ1) is 21.1. The van der Waals surface area contributed by atoms with Gasteiger partial charge in [-0.3, -0.25) is 14.2 Å². The average molecular weight is 421 g/mol. The van der Waals surface area contributed by atoms with Gasteiger partial charge in [0.15, 0.2) is 0 Å². The van der Waals surface area contributed by atoms with Crippen molar-refractivity contribution in [2.24, 2.45) is 0 Å². The lowest BCUT2D eigenvalue weighted by Crippen LogP contribution is -2.50. The molecule has 0 spiro atoms. The number of rotatable bonds is 5. The average Bonchev–Trinajstić information content (AvgIpc) is 2.76. The fourth-order valence-electron chi connectivity index (χ4n) is 4.06. The number of carbonyl (C=O) groups is 1. The third-order valence-corrected chi connectivity index (χ3v) is 6.05. The van der Waals surface area contributed by atoms with Crippen LogP contribution in [0.5, 0.6) is 0 Å². The predicted molar refractivity (Wildman–Crippen MR) is 121 cm³/mol. The SMILES string of the molecule is CN(C)c1ccc(CC(=O)N2CCC(O)(Cn3cnc4ccccc4c3=O)CC2)cc1. The lowest BCUT2D eigenvalue weighted by Gasteiger charge is -2.38. The highest BCUT2D eigenvalue weighted by Crippen LogP contribution is 2.24. The summed E-state index contributed by atoms with van der Waals surface area (Å²) in [5.74, 6) is 0.0594. The molecule has 0 radical (unpaired) electrons. The first-order valence-corrected chi connectivity index (χ1v) is 10.6. The van der Waals surface area contributed by atoms with Crippen molar-refractivity contribution in [1.82, 2.24) is 14.5 Å². The highest BCUT2D eigenvalue weighted by atomic mass is 16.3. The van der Waals surface area contributed by atoms with Crippen molar-refractivity contribution in [3.8, 4) is 0 Å². The number of benzene rings is 2. The van der Waals surface area contributed by atoms with Crippen LogP contribution in [0.15, 0.2) is 59.7 Å². The minimum atomic E-state index is -1.03. The van der Waals surface area contributed by atoms with E-state index >= 15 is 0 Å². The normalized spacial score (nSPS) is 15.8. The van der Waals surface area contributed by atoms with E-state index in [9.17, 15) is 14.7 Å². The molecule has 1 aromatic heterocycles. The third kappa shape index (κ3) is 4.61. The van der Waals surface area contributed by atoms with Crippen LogP contribution in [0.3, 0.4) is 0 Å². The van der Waals surface area contributed by atoms with E-state index in [4.69, 9.17) is 0 Å². The maximum absolute atomic E-state index is 12.7. The Balaban J connectivity index is 1.38. The number of likely N-dealkylation sites (tertiary alicyclic amines) is 1. The van der Waals surface area contributed by atoms with E-state index in [1.807, 2.05) is 55.4 Å². The molecule has 1 N–H and O–H groups in total. The summed E-state index contributed by atoms with van der Waals surface area (Å²) < 4.78 is 1.48. The summed E-state index contributed by atoms with van der Waals surface area (Å²) in [5, 5.41) is 11.6. The molecule has 2 aromatic carbocycles. The van der Waals surface area contributed by atoms with E-state index in [0.29, 0.717) is 43.3 Å². The number of hydrogen-bond donors (Lipinski definition) is 1. The van der Waals surface area contributed by atoms with E-state index in [1.165, 1.54) is 10.9 Å². The number of aromatic nitrogens is 2. The van der Waals surface area contributed by atoms with Gasteiger partial charge in [-0.2, -0.15) is 0 Å². The van der Waals surface area contributed by atoms with Gasteiger partial charge in [-0.25, -0.2) is 4.98 Å². The molecule has 3 aromatic rings. The monoisotopic (exact) mass is 420 g/mol. The van der Waals surface area contributed by atoms with Crippen LogP contribution < -0.4 is 10.5 Å². The minimum absolute atomic E-state index is 0.0594. The fraction of sp³-hybridized carbons (Fsp3) is 0.375. The number of fused-ring (bicyclic) bond motifs is 1. The number of piperidine rings is 1. The molecule has 1 aliphatic heterocycles. The summed E-state index contributed by atoms with van der Waals surface area (Å²) in [4.78, 5) is 33.6. The van der Waals surface area contributed by atoms with Crippen molar-refractivity contribution in [2.75, 3.05) is 32.1 Å². The summed E-state index contributed by atoms with van der Waals surface area (Å²) in [5.41, 5.74) is 1.54. The quantitative estimate of drug-likeness (QED) is 0.684. The van der Waals surface area contributed by atoms with Crippen LogP contribution in [-0.2, 0) is 17.8 Å². The molecule has 0 atom stereocenters. The zero-order valence-corrected chi connectivity index (χ0v) is 18.0. The largest absolute Gasteiger partial charge is 0.388 e. The molecule has 2 heterocycles. The highest BCUT2D eigenvalue weighted by Gasteiger charge is 2.34. The second-order valence-corrected chi connectivity index (χ2v) is 8.54. The van der Waals surface area contributed by atoms with E-state index in [0.717, 1.165) is 11.3 Å². The molecular formula is C24H28N4O3. The van der Waals surface area contributed by atoms with Crippen LogP contribution in [0.4, 0.5) is 5.69 Å². The third-order valence-electron chi connectivity index (χ3n) is 6.05. The standard InChI is InChI=1S/C24H28N4O3/c1-26(2)19-9-7-18(8-10-19)15-22(29)27-13-11-24(31,12-14-27)16-28-17-25-21-6-4-3-5-20(21)23(28)30/h3-10,17,31H,11-16H2,1-2H3. The second kappa shape index (κ2) is 8.51. The summed E-state index contributed by atoms with van der Waals surface area (Å²) in [6, 6.07) is 15.2. The summed E-state index contributed by atoms with van der Waals surface area (Å²) >= 11 is 0. The molecule has 0 unspecified atom stereocenters. The van der Waals surface area contributed by atoms with Crippen molar-refractivity contribution in [3.05, 3.63) is 70.8 Å². The van der Waals surface area contributed by atoms with Gasteiger partial charge in [-0.05, 0) is 42.7 Å². The molecule has 4 rings (SSSR count). The lowest BCUT2D eigenvalue weighted by molar-refractivity contribution is -0.135. The number of carbonyl (C=O) groups excluding carboxylic acids is 1. The fourth-order valence-corrected chi connectivity index (χ4v) is 4.06. The van der Waals surface area contributed by atoms with Crippen LogP contribution in [0, 0.1) is 0 Å². The Morgan fingerprint density at radius 2 is 1.77 bits per heavy atom. The van der Waals surface area contributed by atoms with Gasteiger partial charge in [-0.1, -0.05) is 24.3 Å². The van der Waals surface area contributed by atoms with Gasteiger partial charge in [0.1, 0.15) is 0 Å². The Morgan fingerprint density at radius 3 is 2.45 bits per heavy atom. The first-order chi connectivity index (χ1) is 14.8. The maximum Gasteiger partial charge on any atom is 0.261 e. The molecule has 1 saturated heterocycles. The Morgan fingerprint density at radius 1 is 1.10 bits per heavy atom. The Kier molecular flexibility index (Phi) is 5.78. The van der Waals surface area contributed by atoms with Crippen molar-refractivity contribution in [2.45, 2.75) is 31.4 Å². The summed E-state index contributed by atoms with van der Waals surface area (Å²) in [6.07, 6.45) is 2.70. The van der Waals surface area contributed by atoms with Crippen molar-refractivity contribution in [1.29, 1.82) is 0 Å². The van der Waals surface area contributed by atoms with Gasteiger partial charge < -0.3 is 14.9 Å². The molecular weight excluding hydrogens is 392 g/mol. The molecule has 0 bridgehead atoms. The predicted octanol–water partition coefficient (Wildman–Crippen LogP) is 2.06. The molecule has 0 aliphatic carbocycles. The molecule has 7 nitrogen and oxygen atoms in total. The topological polar surface area (TPSA) is 78.7 Å². The molecule has 0 saturated carbocycles. The van der Waals surface area contributed by atoms with Crippen LogP contribution >= 0.6 is 0 Å². The van der Waals surface area contributed by atoms with E-state index in [-0.39, 0.29) is 18.0 Å². The number of anilines is 1. The van der Waals surface area contributed by atoms with Gasteiger partial charge in [0.25, 0.3) is 5.56 Å². The van der Waals surface area contributed by atoms with Crippen molar-refractivity contribution >= 4 is 22.5 Å². The van der Waals surface area contributed by atoms with Crippen molar-refractivity contribution < 1.29 is 9.90 Å². The molecule has 1 fully saturated rings. The molecule has 31 heavy (non-hydrogen) atoms. The van der Waals surface area contributed by atoms with E-state index in [2.05, 4.69) is 4.98 Å². The summed E-state index contributed by atoms with van der Waals surface area (Å²) in [7, 11) is 3.97. The van der Waals surface area contributed by atoms with E-state index in [1.54, 1.807) is 17.0 Å². The van der Waals surface area contributed by atoms with Crippen LogP contribution in [0.1, 0.15) is 18.4 Å². The Bertz CT molecular complexity index is 1130. The van der Waals surface area contributed by atoms with Crippen LogP contribution in [0.25, 0.3) is 10.9 Å². The number of amides is 1. The van der Waals surface area contributed by atoms with Gasteiger partial charge in [-0.15, -0.1) is 0 Å². The number of nitrogens with zero attached hydrogens (tertiary/aromatic N) is 4. The van der Waals surface area contributed by atoms with Gasteiger partial charge in [0.05, 0.1) is 35.8 Å². The molecule has 1 amide bonds. The van der Waals surface area contributed by atoms with Gasteiger partial charge in [0, 0.05) is 32.9 Å². The number of para-hydroxylation sites is 1. The Labute approximate surface area is 181 Å². The highest BCUT2D eigenvalue weighted by molar-refractivity contribution is 5.79. The van der Waals surface area contributed by atoms with E-state index < -0.39 is 5.60 Å². The Hall–Kier alpha value is -3.19. The smallest absolute Gasteiger partial charge is 0.261 e. The maximum atomic E-state index is 12.7. The molecule has 7 heteroatoms. The second-order valence-electron chi connectivity index (χ2n) is 8.54. The van der Waals surface area contributed by atoms with Gasteiger partial charge >= 0.3 is 0 Å². The van der Waals surface area contributed by atoms with Crippen LogP contribution in [-0.4, -0.2) is 58.3 Å². The lowest BCUT2D eigenvalue weighted by atomic mass is 9.91. The molecule has 1 aliphatic rings. The number of hydrogen-bond acceptors (Lipinski definition) is 5. The zero-order valence-electron chi connectivity index (χ0n) is 18.0. The summed E-state index contributed by atoms with van der Waals surface area (Å²) in [6.45, 7) is 1.12. The van der Waals surface area contributed by atoms with Crippen molar-refractivity contribution in [3.63, 3.8) is 0 Å². The minimum Gasteiger partial charge on any atom is -0.388 e. The zero-order chi connectivity index (χ0) is 22.0. The van der Waals surface area contributed by atoms with Gasteiger partial charge in [0.2, 0.25) is 5.91 Å². The molecule has 162 valence electrons. The van der Waals surface area contributed by atoms with Crippen LogP contribution in [0.2, 0.25) is 0 Å². The first-order valence-electron chi connectivity index (χ1n) is 10.6. The number of aliphatic hydroxyl groups is 1.